The number of fused-ring (bicyclic) bond motifs is 2. The summed E-state index contributed by atoms with van der Waals surface area (Å²) in [5, 5.41) is 2.92. The van der Waals surface area contributed by atoms with E-state index in [1.807, 2.05) is 0 Å². The molecule has 0 bridgehead atoms. The van der Waals surface area contributed by atoms with E-state index in [1.54, 1.807) is 0 Å². The SMILES string of the molecule is O=C1CC(=O)C2(CCCC3CC32)N1. The van der Waals surface area contributed by atoms with Gasteiger partial charge < -0.3 is 5.32 Å². The molecular weight excluding hydrogens is 166 g/mol. The Hall–Kier alpha value is -0.860. The van der Waals surface area contributed by atoms with E-state index < -0.39 is 5.54 Å². The predicted octanol–water partition coefficient (Wildman–Crippen LogP) is 0.634. The van der Waals surface area contributed by atoms with Gasteiger partial charge in [0.1, 0.15) is 5.54 Å². The summed E-state index contributed by atoms with van der Waals surface area (Å²) in [5.41, 5.74) is -0.403. The van der Waals surface area contributed by atoms with E-state index in [4.69, 9.17) is 0 Å². The summed E-state index contributed by atoms with van der Waals surface area (Å²) in [6.45, 7) is 0. The average molecular weight is 179 g/mol. The third kappa shape index (κ3) is 0.847. The molecule has 1 heterocycles. The molecular formula is C10H13NO2. The van der Waals surface area contributed by atoms with Gasteiger partial charge in [-0.3, -0.25) is 9.59 Å². The minimum atomic E-state index is -0.403. The van der Waals surface area contributed by atoms with Crippen LogP contribution in [0.25, 0.3) is 0 Å². The van der Waals surface area contributed by atoms with Crippen LogP contribution in [-0.4, -0.2) is 17.2 Å². The predicted molar refractivity (Wildman–Crippen MR) is 45.9 cm³/mol. The molecule has 3 nitrogen and oxygen atoms in total. The highest BCUT2D eigenvalue weighted by Crippen LogP contribution is 2.56. The molecule has 0 aromatic rings. The number of nitrogens with one attached hydrogen (secondary N) is 1. The maximum absolute atomic E-state index is 11.7. The van der Waals surface area contributed by atoms with Gasteiger partial charge in [0.2, 0.25) is 5.91 Å². The average Bonchev–Trinajstić information content (AvgIpc) is 2.78. The summed E-state index contributed by atoms with van der Waals surface area (Å²) in [6.07, 6.45) is 4.54. The first-order valence-corrected chi connectivity index (χ1v) is 5.07. The monoisotopic (exact) mass is 179 g/mol. The number of hydrogen-bond acceptors (Lipinski definition) is 2. The van der Waals surface area contributed by atoms with Crippen LogP contribution in [0.1, 0.15) is 32.1 Å². The molecule has 0 aromatic carbocycles. The molecule has 13 heavy (non-hydrogen) atoms. The normalized spacial score (nSPS) is 47.7. The highest BCUT2D eigenvalue weighted by molar-refractivity contribution is 6.10. The molecule has 0 aromatic heterocycles. The third-order valence-corrected chi connectivity index (χ3v) is 3.88. The Balaban J connectivity index is 1.95. The van der Waals surface area contributed by atoms with Gasteiger partial charge in [-0.05, 0) is 31.1 Å². The van der Waals surface area contributed by atoms with Gasteiger partial charge in [-0.15, -0.1) is 0 Å². The Morgan fingerprint density at radius 3 is 2.92 bits per heavy atom. The van der Waals surface area contributed by atoms with Crippen LogP contribution in [0.4, 0.5) is 0 Å². The van der Waals surface area contributed by atoms with Crippen molar-refractivity contribution in [2.24, 2.45) is 11.8 Å². The van der Waals surface area contributed by atoms with Crippen LogP contribution in [-0.2, 0) is 9.59 Å². The first-order chi connectivity index (χ1) is 6.22. The van der Waals surface area contributed by atoms with Crippen molar-refractivity contribution in [3.63, 3.8) is 0 Å². The fourth-order valence-electron chi connectivity index (χ4n) is 3.17. The van der Waals surface area contributed by atoms with E-state index >= 15 is 0 Å². The molecule has 3 unspecified atom stereocenters. The molecule has 3 rings (SSSR count). The van der Waals surface area contributed by atoms with E-state index in [1.165, 1.54) is 6.42 Å². The Labute approximate surface area is 76.9 Å². The molecule has 3 fully saturated rings. The highest BCUT2D eigenvalue weighted by atomic mass is 16.2. The second-order valence-corrected chi connectivity index (χ2v) is 4.61. The molecule has 1 N–H and O–H groups in total. The number of amides is 1. The number of carbonyl (C=O) groups is 2. The lowest BCUT2D eigenvalue weighted by molar-refractivity contribution is -0.124. The van der Waals surface area contributed by atoms with Gasteiger partial charge in [-0.1, -0.05) is 6.42 Å². The quantitative estimate of drug-likeness (QED) is 0.554. The Morgan fingerprint density at radius 2 is 2.23 bits per heavy atom. The lowest BCUT2D eigenvalue weighted by Crippen LogP contribution is -2.50. The van der Waals surface area contributed by atoms with Gasteiger partial charge in [-0.25, -0.2) is 0 Å². The van der Waals surface area contributed by atoms with Crippen LogP contribution >= 0.6 is 0 Å². The summed E-state index contributed by atoms with van der Waals surface area (Å²) >= 11 is 0. The number of carbonyl (C=O) groups excluding carboxylic acids is 2. The molecule has 2 aliphatic carbocycles. The zero-order valence-electron chi connectivity index (χ0n) is 7.51. The van der Waals surface area contributed by atoms with E-state index in [0.717, 1.165) is 25.2 Å². The van der Waals surface area contributed by atoms with Gasteiger partial charge in [0.15, 0.2) is 5.78 Å². The molecule has 1 aliphatic heterocycles. The van der Waals surface area contributed by atoms with Crippen molar-refractivity contribution in [1.82, 2.24) is 5.32 Å². The van der Waals surface area contributed by atoms with Crippen molar-refractivity contribution >= 4 is 11.7 Å². The van der Waals surface area contributed by atoms with Crippen molar-refractivity contribution in [1.29, 1.82) is 0 Å². The Bertz CT molecular complexity index is 299. The van der Waals surface area contributed by atoms with Gasteiger partial charge in [-0.2, -0.15) is 0 Å². The van der Waals surface area contributed by atoms with Crippen molar-refractivity contribution in [3.05, 3.63) is 0 Å². The third-order valence-electron chi connectivity index (χ3n) is 3.88. The number of rotatable bonds is 0. The van der Waals surface area contributed by atoms with Gasteiger partial charge in [0.05, 0.1) is 6.42 Å². The van der Waals surface area contributed by atoms with Crippen LogP contribution in [0.2, 0.25) is 0 Å². The fraction of sp³-hybridized carbons (Fsp3) is 0.800. The van der Waals surface area contributed by atoms with E-state index in [2.05, 4.69) is 5.32 Å². The summed E-state index contributed by atoms with van der Waals surface area (Å²) in [7, 11) is 0. The minimum Gasteiger partial charge on any atom is -0.343 e. The minimum absolute atomic E-state index is 0.0578. The first kappa shape index (κ1) is 7.54. The maximum Gasteiger partial charge on any atom is 0.228 e. The van der Waals surface area contributed by atoms with Crippen molar-refractivity contribution in [2.45, 2.75) is 37.6 Å². The van der Waals surface area contributed by atoms with Gasteiger partial charge in [0.25, 0.3) is 0 Å². The molecule has 3 heteroatoms. The highest BCUT2D eigenvalue weighted by Gasteiger charge is 2.61. The first-order valence-electron chi connectivity index (χ1n) is 5.07. The molecule has 2 saturated carbocycles. The zero-order valence-corrected chi connectivity index (χ0v) is 7.51. The summed E-state index contributed by atoms with van der Waals surface area (Å²) in [6, 6.07) is 0. The van der Waals surface area contributed by atoms with Crippen LogP contribution < -0.4 is 5.32 Å². The summed E-state index contributed by atoms with van der Waals surface area (Å²) in [5.74, 6) is 1.32. The zero-order chi connectivity index (χ0) is 9.05. The van der Waals surface area contributed by atoms with Gasteiger partial charge >= 0.3 is 0 Å². The smallest absolute Gasteiger partial charge is 0.228 e. The molecule has 1 saturated heterocycles. The molecule has 1 spiro atoms. The molecule has 1 amide bonds. The Morgan fingerprint density at radius 1 is 1.38 bits per heavy atom. The fourth-order valence-corrected chi connectivity index (χ4v) is 3.17. The summed E-state index contributed by atoms with van der Waals surface area (Å²) in [4.78, 5) is 22.9. The molecule has 3 atom stereocenters. The second-order valence-electron chi connectivity index (χ2n) is 4.61. The van der Waals surface area contributed by atoms with E-state index in [0.29, 0.717) is 5.92 Å². The molecule has 70 valence electrons. The van der Waals surface area contributed by atoms with E-state index in [-0.39, 0.29) is 18.1 Å². The van der Waals surface area contributed by atoms with Crippen LogP contribution in [0.3, 0.4) is 0 Å². The number of ketones is 1. The lowest BCUT2D eigenvalue weighted by atomic mass is 9.79. The van der Waals surface area contributed by atoms with Crippen molar-refractivity contribution in [2.75, 3.05) is 0 Å². The largest absolute Gasteiger partial charge is 0.343 e. The maximum atomic E-state index is 11.7. The number of Topliss-reactive ketones (excluding diaryl/α,β-unsaturated/α-hetero) is 1. The van der Waals surface area contributed by atoms with Gasteiger partial charge in [0, 0.05) is 0 Å². The van der Waals surface area contributed by atoms with Crippen LogP contribution in [0.5, 0.6) is 0 Å². The lowest BCUT2D eigenvalue weighted by Gasteiger charge is -2.31. The summed E-state index contributed by atoms with van der Waals surface area (Å²) < 4.78 is 0. The van der Waals surface area contributed by atoms with E-state index in [9.17, 15) is 9.59 Å². The van der Waals surface area contributed by atoms with Crippen LogP contribution in [0, 0.1) is 11.8 Å². The van der Waals surface area contributed by atoms with Crippen LogP contribution in [0.15, 0.2) is 0 Å². The molecule has 3 aliphatic rings. The number of hydrogen-bond donors (Lipinski definition) is 1. The van der Waals surface area contributed by atoms with Crippen molar-refractivity contribution < 1.29 is 9.59 Å². The second kappa shape index (κ2) is 2.14. The Kier molecular flexibility index (Phi) is 1.24. The standard InChI is InChI=1S/C10H13NO2/c12-8-5-9(13)11-10(8)3-1-2-6-4-7(6)10/h6-7H,1-5H2,(H,11,13). The van der Waals surface area contributed by atoms with Crippen molar-refractivity contribution in [3.8, 4) is 0 Å². The topological polar surface area (TPSA) is 46.2 Å². The molecule has 0 radical (unpaired) electrons.